The highest BCUT2D eigenvalue weighted by molar-refractivity contribution is 5.96. The van der Waals surface area contributed by atoms with E-state index in [1.54, 1.807) is 7.05 Å². The van der Waals surface area contributed by atoms with E-state index in [1.165, 1.54) is 4.90 Å². The number of carbonyl (C=O) groups is 1. The fourth-order valence-corrected chi connectivity index (χ4v) is 2.58. The van der Waals surface area contributed by atoms with Crippen molar-refractivity contribution >= 4 is 11.6 Å². The smallest absolute Gasteiger partial charge is 0.319 e. The number of benzene rings is 1. The molecular formula is C15H18N4O3. The quantitative estimate of drug-likeness (QED) is 0.679. The maximum atomic E-state index is 12.6. The second-order valence-electron chi connectivity index (χ2n) is 5.40. The Labute approximate surface area is 128 Å². The molecule has 0 spiro atoms. The molecule has 0 aliphatic heterocycles. The molecule has 7 heteroatoms. The first-order chi connectivity index (χ1) is 10.4. The third-order valence-corrected chi connectivity index (χ3v) is 3.54. The minimum Gasteiger partial charge on any atom is -0.333 e. The highest BCUT2D eigenvalue weighted by Gasteiger charge is 2.31. The zero-order valence-electron chi connectivity index (χ0n) is 12.7. The van der Waals surface area contributed by atoms with Crippen molar-refractivity contribution in [2.75, 3.05) is 7.05 Å². The summed E-state index contributed by atoms with van der Waals surface area (Å²) in [5, 5.41) is 17.0. The molecule has 0 aliphatic rings. The molecule has 1 aromatic heterocycles. The summed E-state index contributed by atoms with van der Waals surface area (Å²) in [4.78, 5) is 24.5. The molecule has 22 heavy (non-hydrogen) atoms. The molecule has 2 aromatic rings. The molecule has 0 fully saturated rings. The third kappa shape index (κ3) is 2.98. The Hall–Kier alpha value is -2.70. The van der Waals surface area contributed by atoms with E-state index in [0.717, 1.165) is 11.8 Å². The molecule has 0 aliphatic carbocycles. The van der Waals surface area contributed by atoms with Gasteiger partial charge in [-0.05, 0) is 11.5 Å². The molecule has 0 unspecified atom stereocenters. The number of H-pyrrole nitrogens is 1. The van der Waals surface area contributed by atoms with E-state index in [0.29, 0.717) is 0 Å². The van der Waals surface area contributed by atoms with Crippen molar-refractivity contribution in [2.45, 2.75) is 19.9 Å². The molecule has 116 valence electrons. The lowest BCUT2D eigenvalue weighted by molar-refractivity contribution is -0.385. The lowest BCUT2D eigenvalue weighted by atomic mass is 9.94. The Bertz CT molecular complexity index is 666. The maximum absolute atomic E-state index is 12.6. The second-order valence-corrected chi connectivity index (χ2v) is 5.40. The van der Waals surface area contributed by atoms with E-state index < -0.39 is 10.8 Å². The molecule has 1 aromatic carbocycles. The molecular weight excluding hydrogens is 284 g/mol. The summed E-state index contributed by atoms with van der Waals surface area (Å²) < 4.78 is 0. The molecule has 0 bridgehead atoms. The largest absolute Gasteiger partial charge is 0.333 e. The summed E-state index contributed by atoms with van der Waals surface area (Å²) in [7, 11) is 1.64. The van der Waals surface area contributed by atoms with Crippen LogP contribution in [0, 0.1) is 16.0 Å². The van der Waals surface area contributed by atoms with Crippen molar-refractivity contribution in [3.8, 4) is 0 Å². The van der Waals surface area contributed by atoms with Gasteiger partial charge in [-0.3, -0.25) is 20.0 Å². The topological polar surface area (TPSA) is 92.1 Å². The van der Waals surface area contributed by atoms with E-state index in [4.69, 9.17) is 0 Å². The van der Waals surface area contributed by atoms with Crippen LogP contribution in [0.15, 0.2) is 36.5 Å². The van der Waals surface area contributed by atoms with Crippen LogP contribution in [-0.2, 0) is 0 Å². The van der Waals surface area contributed by atoms with Crippen LogP contribution in [0.4, 0.5) is 5.69 Å². The zero-order valence-corrected chi connectivity index (χ0v) is 12.7. The van der Waals surface area contributed by atoms with E-state index in [9.17, 15) is 14.9 Å². The van der Waals surface area contributed by atoms with Crippen molar-refractivity contribution in [2.24, 2.45) is 5.92 Å². The van der Waals surface area contributed by atoms with Gasteiger partial charge in [0.15, 0.2) is 0 Å². The van der Waals surface area contributed by atoms with Crippen molar-refractivity contribution in [3.05, 3.63) is 57.9 Å². The number of amides is 1. The fraction of sp³-hybridized carbons (Fsp3) is 0.333. The van der Waals surface area contributed by atoms with Gasteiger partial charge in [-0.2, -0.15) is 5.10 Å². The first-order valence-electron chi connectivity index (χ1n) is 6.93. The van der Waals surface area contributed by atoms with Gasteiger partial charge < -0.3 is 4.90 Å². The van der Waals surface area contributed by atoms with Crippen LogP contribution in [-0.4, -0.2) is 33.0 Å². The van der Waals surface area contributed by atoms with Crippen molar-refractivity contribution in [1.82, 2.24) is 15.1 Å². The number of nitrogens with one attached hydrogen (secondary N) is 1. The van der Waals surface area contributed by atoms with Crippen molar-refractivity contribution in [3.63, 3.8) is 0 Å². The predicted octanol–water partition coefficient (Wildman–Crippen LogP) is 2.79. The van der Waals surface area contributed by atoms with E-state index in [2.05, 4.69) is 10.2 Å². The molecule has 2 rings (SSSR count). The standard InChI is InChI=1S/C15H18N4O3/c1-10(2)14(11-7-5-4-6-8-11)18(3)15(20)13-12(19(21)22)9-16-17-13/h4-10,14H,1-3H3,(H,16,17)/t14-/m1/s1. The summed E-state index contributed by atoms with van der Waals surface area (Å²) in [5.74, 6) is -0.301. The van der Waals surface area contributed by atoms with Crippen molar-refractivity contribution < 1.29 is 9.72 Å². The third-order valence-electron chi connectivity index (χ3n) is 3.54. The molecule has 0 saturated heterocycles. The van der Waals surface area contributed by atoms with Gasteiger partial charge in [0, 0.05) is 7.05 Å². The summed E-state index contributed by atoms with van der Waals surface area (Å²) in [6, 6.07) is 9.41. The summed E-state index contributed by atoms with van der Waals surface area (Å²) >= 11 is 0. The lowest BCUT2D eigenvalue weighted by Crippen LogP contribution is -2.34. The average molecular weight is 302 g/mol. The predicted molar refractivity (Wildman–Crippen MR) is 81.4 cm³/mol. The van der Waals surface area contributed by atoms with Gasteiger partial charge in [-0.1, -0.05) is 44.2 Å². The summed E-state index contributed by atoms with van der Waals surface area (Å²) in [5.41, 5.74) is 0.567. The lowest BCUT2D eigenvalue weighted by Gasteiger charge is -2.31. The van der Waals surface area contributed by atoms with Gasteiger partial charge >= 0.3 is 5.69 Å². The number of carbonyl (C=O) groups excluding carboxylic acids is 1. The van der Waals surface area contributed by atoms with Gasteiger partial charge in [0.25, 0.3) is 5.91 Å². The average Bonchev–Trinajstić information content (AvgIpc) is 2.97. The Morgan fingerprint density at radius 3 is 2.50 bits per heavy atom. The van der Waals surface area contributed by atoms with E-state index in [-0.39, 0.29) is 23.3 Å². The van der Waals surface area contributed by atoms with Gasteiger partial charge in [0.1, 0.15) is 6.20 Å². The Morgan fingerprint density at radius 2 is 1.95 bits per heavy atom. The van der Waals surface area contributed by atoms with Crippen LogP contribution in [0.1, 0.15) is 35.9 Å². The summed E-state index contributed by atoms with van der Waals surface area (Å²) in [6.45, 7) is 4.01. The number of hydrogen-bond acceptors (Lipinski definition) is 4. The van der Waals surface area contributed by atoms with Gasteiger partial charge in [0.05, 0.1) is 11.0 Å². The Kier molecular flexibility index (Phi) is 4.55. The van der Waals surface area contributed by atoms with Gasteiger partial charge in [-0.25, -0.2) is 0 Å². The monoisotopic (exact) mass is 302 g/mol. The molecule has 1 N–H and O–H groups in total. The molecule has 1 atom stereocenters. The van der Waals surface area contributed by atoms with E-state index in [1.807, 2.05) is 44.2 Å². The number of nitro groups is 1. The number of hydrogen-bond donors (Lipinski definition) is 1. The minimum absolute atomic E-state index is 0.103. The molecule has 1 amide bonds. The number of aromatic amines is 1. The normalized spacial score (nSPS) is 12.2. The molecule has 1 heterocycles. The maximum Gasteiger partial charge on any atom is 0.319 e. The number of nitrogens with zero attached hydrogens (tertiary/aromatic N) is 3. The van der Waals surface area contributed by atoms with Crippen LogP contribution in [0.2, 0.25) is 0 Å². The van der Waals surface area contributed by atoms with Crippen LogP contribution in [0.3, 0.4) is 0 Å². The van der Waals surface area contributed by atoms with Crippen LogP contribution < -0.4 is 0 Å². The number of rotatable bonds is 5. The highest BCUT2D eigenvalue weighted by atomic mass is 16.6. The van der Waals surface area contributed by atoms with Crippen LogP contribution in [0.5, 0.6) is 0 Å². The van der Waals surface area contributed by atoms with Gasteiger partial charge in [0.2, 0.25) is 5.69 Å². The molecule has 0 radical (unpaired) electrons. The fourth-order valence-electron chi connectivity index (χ4n) is 2.58. The molecule has 0 saturated carbocycles. The van der Waals surface area contributed by atoms with Crippen LogP contribution >= 0.6 is 0 Å². The van der Waals surface area contributed by atoms with Gasteiger partial charge in [-0.15, -0.1) is 0 Å². The summed E-state index contributed by atoms with van der Waals surface area (Å²) in [6.07, 6.45) is 1.05. The van der Waals surface area contributed by atoms with Crippen molar-refractivity contribution in [1.29, 1.82) is 0 Å². The number of aromatic nitrogens is 2. The molecule has 7 nitrogen and oxygen atoms in total. The van der Waals surface area contributed by atoms with E-state index >= 15 is 0 Å². The minimum atomic E-state index is -0.614. The first-order valence-corrected chi connectivity index (χ1v) is 6.93. The second kappa shape index (κ2) is 6.38. The highest BCUT2D eigenvalue weighted by Crippen LogP contribution is 2.29. The Morgan fingerprint density at radius 1 is 1.32 bits per heavy atom. The zero-order chi connectivity index (χ0) is 16.3. The Balaban J connectivity index is 2.35. The first kappa shape index (κ1) is 15.7. The SMILES string of the molecule is CC(C)[C@H](c1ccccc1)N(C)C(=O)c1[nH]ncc1[N+](=O)[O-]. The van der Waals surface area contributed by atoms with Crippen LogP contribution in [0.25, 0.3) is 0 Å².